The lowest BCUT2D eigenvalue weighted by atomic mass is 9.99. The average Bonchev–Trinajstić information content (AvgIpc) is 2.43. The van der Waals surface area contributed by atoms with E-state index >= 15 is 0 Å². The molecule has 0 spiro atoms. The van der Waals surface area contributed by atoms with Crippen molar-refractivity contribution in [3.63, 3.8) is 0 Å². The molecule has 1 rings (SSSR count). The van der Waals surface area contributed by atoms with Crippen molar-refractivity contribution in [1.29, 1.82) is 0 Å². The third kappa shape index (κ3) is 3.50. The summed E-state index contributed by atoms with van der Waals surface area (Å²) in [6, 6.07) is 3.66. The number of nitro groups is 1. The largest absolute Gasteiger partial charge is 0.496 e. The molecule has 0 heterocycles. The summed E-state index contributed by atoms with van der Waals surface area (Å²) in [5, 5.41) is 10.9. The lowest BCUT2D eigenvalue weighted by Gasteiger charge is -2.15. The van der Waals surface area contributed by atoms with E-state index in [9.17, 15) is 10.1 Å². The van der Waals surface area contributed by atoms with Gasteiger partial charge in [0.25, 0.3) is 0 Å². The fraction of sp³-hybridized carbons (Fsp3) is 0.467. The van der Waals surface area contributed by atoms with Crippen LogP contribution in [-0.2, 0) is 0 Å². The minimum Gasteiger partial charge on any atom is -0.496 e. The molecule has 110 valence electrons. The van der Waals surface area contributed by atoms with Crippen molar-refractivity contribution in [2.24, 2.45) is 0 Å². The Balaban J connectivity index is 3.43. The number of methoxy groups -OCH3 is 2. The van der Waals surface area contributed by atoms with Gasteiger partial charge in [0.1, 0.15) is 11.5 Å². The Morgan fingerprint density at radius 3 is 2.30 bits per heavy atom. The first kappa shape index (κ1) is 16.0. The van der Waals surface area contributed by atoms with Gasteiger partial charge in [-0.2, -0.15) is 0 Å². The number of allylic oxidation sites excluding steroid dienone is 1. The summed E-state index contributed by atoms with van der Waals surface area (Å²) in [5.74, 6) is 1.60. The molecule has 20 heavy (non-hydrogen) atoms. The summed E-state index contributed by atoms with van der Waals surface area (Å²) < 4.78 is 10.7. The molecule has 1 aromatic rings. The summed E-state index contributed by atoms with van der Waals surface area (Å²) in [6.45, 7) is 5.86. The number of hydrogen-bond donors (Lipinski definition) is 0. The van der Waals surface area contributed by atoms with Crippen LogP contribution in [-0.4, -0.2) is 19.1 Å². The molecule has 0 unspecified atom stereocenters. The number of benzene rings is 1. The summed E-state index contributed by atoms with van der Waals surface area (Å²) >= 11 is 0. The van der Waals surface area contributed by atoms with Crippen LogP contribution in [0.2, 0.25) is 0 Å². The van der Waals surface area contributed by atoms with Gasteiger partial charge in [-0.3, -0.25) is 10.1 Å². The highest BCUT2D eigenvalue weighted by Crippen LogP contribution is 2.34. The molecule has 0 saturated heterocycles. The Morgan fingerprint density at radius 1 is 1.30 bits per heavy atom. The quantitative estimate of drug-likeness (QED) is 0.586. The van der Waals surface area contributed by atoms with Crippen molar-refractivity contribution in [3.05, 3.63) is 39.1 Å². The number of rotatable bonds is 6. The summed E-state index contributed by atoms with van der Waals surface area (Å²) in [6.07, 6.45) is 1.88. The van der Waals surface area contributed by atoms with E-state index < -0.39 is 0 Å². The van der Waals surface area contributed by atoms with Gasteiger partial charge < -0.3 is 9.47 Å². The lowest BCUT2D eigenvalue weighted by molar-refractivity contribution is -0.425. The molecule has 0 N–H and O–H groups in total. The molecular weight excluding hydrogens is 258 g/mol. The second-order valence-electron chi connectivity index (χ2n) is 4.74. The minimum absolute atomic E-state index is 0.141. The molecule has 0 atom stereocenters. The smallest absolute Gasteiger partial charge is 0.246 e. The highest BCUT2D eigenvalue weighted by Gasteiger charge is 2.15. The molecule has 0 aliphatic heterocycles. The second-order valence-corrected chi connectivity index (χ2v) is 4.74. The molecule has 0 fully saturated rings. The standard InChI is InChI=1S/C15H21NO4/c1-6-12(16(17)18)7-11-8-15(20-5)13(10(2)3)9-14(11)19-4/h7-10H,6H2,1-5H3/b12-7+. The topological polar surface area (TPSA) is 61.6 Å². The van der Waals surface area contributed by atoms with Gasteiger partial charge in [-0.25, -0.2) is 0 Å². The van der Waals surface area contributed by atoms with Crippen LogP contribution in [0.15, 0.2) is 17.8 Å². The third-order valence-corrected chi connectivity index (χ3v) is 3.12. The molecule has 1 aromatic carbocycles. The maximum absolute atomic E-state index is 10.9. The number of nitrogens with zero attached hydrogens (tertiary/aromatic N) is 1. The first-order valence-electron chi connectivity index (χ1n) is 6.55. The highest BCUT2D eigenvalue weighted by molar-refractivity contribution is 5.63. The average molecular weight is 279 g/mol. The molecule has 0 amide bonds. The molecule has 0 bridgehead atoms. The Kier molecular flexibility index (Phi) is 5.55. The summed E-state index contributed by atoms with van der Waals surface area (Å²) in [5.41, 5.74) is 1.81. The zero-order valence-corrected chi connectivity index (χ0v) is 12.6. The summed E-state index contributed by atoms with van der Waals surface area (Å²) in [4.78, 5) is 10.6. The van der Waals surface area contributed by atoms with E-state index in [0.29, 0.717) is 23.5 Å². The predicted octanol–water partition coefficient (Wildman–Crippen LogP) is 3.85. The van der Waals surface area contributed by atoms with Gasteiger partial charge >= 0.3 is 0 Å². The van der Waals surface area contributed by atoms with Crippen molar-refractivity contribution in [3.8, 4) is 11.5 Å². The fourth-order valence-corrected chi connectivity index (χ4v) is 1.97. The maximum Gasteiger partial charge on any atom is 0.246 e. The van der Waals surface area contributed by atoms with E-state index in [4.69, 9.17) is 9.47 Å². The van der Waals surface area contributed by atoms with Crippen LogP contribution in [0.25, 0.3) is 6.08 Å². The van der Waals surface area contributed by atoms with Gasteiger partial charge in [0, 0.05) is 23.6 Å². The monoisotopic (exact) mass is 279 g/mol. The van der Waals surface area contributed by atoms with E-state index in [-0.39, 0.29) is 16.5 Å². The molecule has 0 aromatic heterocycles. The summed E-state index contributed by atoms with van der Waals surface area (Å²) in [7, 11) is 3.15. The lowest BCUT2D eigenvalue weighted by Crippen LogP contribution is -2.00. The van der Waals surface area contributed by atoms with Gasteiger partial charge in [0.05, 0.1) is 19.1 Å². The molecule has 5 nitrogen and oxygen atoms in total. The number of hydrogen-bond acceptors (Lipinski definition) is 4. The van der Waals surface area contributed by atoms with Crippen molar-refractivity contribution < 1.29 is 14.4 Å². The Hall–Kier alpha value is -2.04. The van der Waals surface area contributed by atoms with Crippen LogP contribution in [0, 0.1) is 10.1 Å². The van der Waals surface area contributed by atoms with Crippen LogP contribution in [0.1, 0.15) is 44.2 Å². The molecule has 0 saturated carbocycles. The molecule has 0 aliphatic carbocycles. The minimum atomic E-state index is -0.373. The van der Waals surface area contributed by atoms with Crippen LogP contribution >= 0.6 is 0 Å². The highest BCUT2D eigenvalue weighted by atomic mass is 16.6. The van der Waals surface area contributed by atoms with Gasteiger partial charge in [0.2, 0.25) is 5.70 Å². The predicted molar refractivity (Wildman–Crippen MR) is 78.9 cm³/mol. The second kappa shape index (κ2) is 6.93. The maximum atomic E-state index is 10.9. The van der Waals surface area contributed by atoms with E-state index in [1.807, 2.05) is 6.07 Å². The van der Waals surface area contributed by atoms with E-state index in [0.717, 1.165) is 5.56 Å². The zero-order valence-electron chi connectivity index (χ0n) is 12.6. The van der Waals surface area contributed by atoms with Gasteiger partial charge in [-0.15, -0.1) is 0 Å². The van der Waals surface area contributed by atoms with Crippen molar-refractivity contribution in [1.82, 2.24) is 0 Å². The van der Waals surface area contributed by atoms with Gasteiger partial charge in [0.15, 0.2) is 0 Å². The van der Waals surface area contributed by atoms with Crippen LogP contribution in [0.5, 0.6) is 11.5 Å². The van der Waals surface area contributed by atoms with Gasteiger partial charge in [-0.05, 0) is 18.1 Å². The molecule has 0 radical (unpaired) electrons. The first-order chi connectivity index (χ1) is 9.44. The van der Waals surface area contributed by atoms with E-state index in [1.54, 1.807) is 27.2 Å². The van der Waals surface area contributed by atoms with Crippen LogP contribution < -0.4 is 9.47 Å². The Labute approximate surface area is 119 Å². The SMILES string of the molecule is CC/C(=C\c1cc(OC)c(C(C)C)cc1OC)[N+](=O)[O-]. The van der Waals surface area contributed by atoms with E-state index in [1.165, 1.54) is 6.08 Å². The normalized spacial score (nSPS) is 11.6. The molecular formula is C15H21NO4. The van der Waals surface area contributed by atoms with Crippen molar-refractivity contribution >= 4 is 6.08 Å². The first-order valence-corrected chi connectivity index (χ1v) is 6.55. The van der Waals surface area contributed by atoms with Crippen LogP contribution in [0.4, 0.5) is 0 Å². The zero-order chi connectivity index (χ0) is 15.3. The third-order valence-electron chi connectivity index (χ3n) is 3.12. The van der Waals surface area contributed by atoms with Crippen molar-refractivity contribution in [2.75, 3.05) is 14.2 Å². The Morgan fingerprint density at radius 2 is 1.90 bits per heavy atom. The molecule has 0 aliphatic rings. The van der Waals surface area contributed by atoms with Crippen molar-refractivity contribution in [2.45, 2.75) is 33.1 Å². The fourth-order valence-electron chi connectivity index (χ4n) is 1.97. The van der Waals surface area contributed by atoms with Crippen LogP contribution in [0.3, 0.4) is 0 Å². The molecule has 5 heteroatoms. The van der Waals surface area contributed by atoms with Gasteiger partial charge in [-0.1, -0.05) is 20.8 Å². The Bertz CT molecular complexity index is 521. The van der Waals surface area contributed by atoms with E-state index in [2.05, 4.69) is 13.8 Å². The number of ether oxygens (including phenoxy) is 2.